The van der Waals surface area contributed by atoms with Crippen LogP contribution in [0.5, 0.6) is 5.75 Å². The molecule has 0 bridgehead atoms. The van der Waals surface area contributed by atoms with Crippen LogP contribution in [-0.2, 0) is 0 Å². The highest BCUT2D eigenvalue weighted by Gasteiger charge is 2.18. The van der Waals surface area contributed by atoms with E-state index in [0.29, 0.717) is 29.4 Å². The summed E-state index contributed by atoms with van der Waals surface area (Å²) in [6, 6.07) is 14.9. The van der Waals surface area contributed by atoms with E-state index in [4.69, 9.17) is 15.9 Å². The molecule has 30 heavy (non-hydrogen) atoms. The number of anilines is 1. The Hall–Kier alpha value is -3.02. The molecule has 1 aliphatic rings. The summed E-state index contributed by atoms with van der Waals surface area (Å²) in [5, 5.41) is 10.7. The quantitative estimate of drug-likeness (QED) is 0.435. The molecule has 1 fully saturated rings. The van der Waals surface area contributed by atoms with Gasteiger partial charge in [-0.3, -0.25) is 10.2 Å². The first-order valence-electron chi connectivity index (χ1n) is 10.7. The van der Waals surface area contributed by atoms with Crippen molar-refractivity contribution in [2.75, 3.05) is 24.6 Å². The van der Waals surface area contributed by atoms with Gasteiger partial charge in [-0.05, 0) is 61.6 Å². The molecule has 1 saturated heterocycles. The molecular formula is C24H32N4O2. The number of rotatable bonds is 9. The fourth-order valence-electron chi connectivity index (χ4n) is 3.76. The average Bonchev–Trinajstić information content (AvgIpc) is 3.27. The van der Waals surface area contributed by atoms with Crippen LogP contribution in [0.2, 0.25) is 0 Å². The molecule has 1 atom stereocenters. The molecule has 160 valence electrons. The van der Waals surface area contributed by atoms with Crippen LogP contribution >= 0.6 is 0 Å². The highest BCUT2D eigenvalue weighted by atomic mass is 16.5. The van der Waals surface area contributed by atoms with Crippen LogP contribution in [0.25, 0.3) is 0 Å². The van der Waals surface area contributed by atoms with E-state index in [2.05, 4.69) is 24.1 Å². The van der Waals surface area contributed by atoms with Gasteiger partial charge in [0.05, 0.1) is 6.04 Å². The van der Waals surface area contributed by atoms with E-state index >= 15 is 0 Å². The van der Waals surface area contributed by atoms with Gasteiger partial charge in [0.25, 0.3) is 5.91 Å². The molecule has 6 heteroatoms. The summed E-state index contributed by atoms with van der Waals surface area (Å²) < 4.78 is 5.91. The van der Waals surface area contributed by atoms with E-state index in [1.165, 1.54) is 18.5 Å². The van der Waals surface area contributed by atoms with Crippen molar-refractivity contribution in [3.05, 3.63) is 59.7 Å². The molecule has 1 heterocycles. The van der Waals surface area contributed by atoms with Crippen LogP contribution in [0.1, 0.15) is 49.0 Å². The third-order valence-corrected chi connectivity index (χ3v) is 5.29. The Labute approximate surface area is 178 Å². The number of carbonyl (C=O) groups is 1. The van der Waals surface area contributed by atoms with Crippen LogP contribution in [0.4, 0.5) is 5.69 Å². The second-order valence-electron chi connectivity index (χ2n) is 8.29. The molecule has 0 spiro atoms. The number of hydrogen-bond donors (Lipinski definition) is 3. The van der Waals surface area contributed by atoms with Gasteiger partial charge < -0.3 is 20.7 Å². The number of carbonyl (C=O) groups excluding carboxylic acids is 1. The monoisotopic (exact) mass is 408 g/mol. The third-order valence-electron chi connectivity index (χ3n) is 5.29. The first-order valence-corrected chi connectivity index (χ1v) is 10.7. The Kier molecular flexibility index (Phi) is 7.33. The van der Waals surface area contributed by atoms with Crippen molar-refractivity contribution in [3.8, 4) is 5.75 Å². The first-order chi connectivity index (χ1) is 14.4. The van der Waals surface area contributed by atoms with Crippen LogP contribution in [0.15, 0.2) is 48.5 Å². The zero-order valence-corrected chi connectivity index (χ0v) is 17.9. The molecule has 2 aromatic rings. The minimum Gasteiger partial charge on any atom is -0.491 e. The largest absolute Gasteiger partial charge is 0.491 e. The number of hydrogen-bond acceptors (Lipinski definition) is 4. The topological polar surface area (TPSA) is 91.4 Å². The predicted molar refractivity (Wildman–Crippen MR) is 122 cm³/mol. The number of nitrogens with zero attached hydrogens (tertiary/aromatic N) is 1. The number of nitrogens with one attached hydrogen (secondary N) is 2. The Morgan fingerprint density at radius 3 is 2.47 bits per heavy atom. The van der Waals surface area contributed by atoms with Crippen molar-refractivity contribution in [3.63, 3.8) is 0 Å². The maximum absolute atomic E-state index is 12.8. The lowest BCUT2D eigenvalue weighted by Crippen LogP contribution is -2.40. The van der Waals surface area contributed by atoms with Gasteiger partial charge in [0.2, 0.25) is 0 Å². The van der Waals surface area contributed by atoms with E-state index in [0.717, 1.165) is 19.5 Å². The summed E-state index contributed by atoms with van der Waals surface area (Å²) in [5.41, 5.74) is 8.01. The van der Waals surface area contributed by atoms with E-state index < -0.39 is 0 Å². The summed E-state index contributed by atoms with van der Waals surface area (Å²) in [4.78, 5) is 15.2. The van der Waals surface area contributed by atoms with Crippen molar-refractivity contribution in [1.82, 2.24) is 5.32 Å². The number of amides is 1. The van der Waals surface area contributed by atoms with Gasteiger partial charge in [-0.2, -0.15) is 0 Å². The van der Waals surface area contributed by atoms with Crippen LogP contribution in [0.3, 0.4) is 0 Å². The normalized spacial score (nSPS) is 14.6. The van der Waals surface area contributed by atoms with E-state index in [-0.39, 0.29) is 17.8 Å². The molecule has 4 N–H and O–H groups in total. The highest BCUT2D eigenvalue weighted by molar-refractivity contribution is 5.95. The van der Waals surface area contributed by atoms with Gasteiger partial charge >= 0.3 is 0 Å². The van der Waals surface area contributed by atoms with Crippen molar-refractivity contribution >= 4 is 17.4 Å². The molecule has 3 rings (SSSR count). The minimum absolute atomic E-state index is 0.00450. The molecule has 1 amide bonds. The Morgan fingerprint density at radius 1 is 1.13 bits per heavy atom. The zero-order chi connectivity index (χ0) is 21.5. The van der Waals surface area contributed by atoms with Crippen LogP contribution in [-0.4, -0.2) is 37.5 Å². The maximum atomic E-state index is 12.8. The van der Waals surface area contributed by atoms with E-state index in [1.54, 1.807) is 12.1 Å². The minimum atomic E-state index is -0.114. The summed E-state index contributed by atoms with van der Waals surface area (Å²) in [7, 11) is 0. The number of benzene rings is 2. The van der Waals surface area contributed by atoms with Gasteiger partial charge in [-0.15, -0.1) is 0 Å². The lowest BCUT2D eigenvalue weighted by atomic mass is 10.0. The van der Waals surface area contributed by atoms with Crippen LogP contribution in [0, 0.1) is 11.3 Å². The standard InChI is InChI=1S/C24H32N4O2/c1-17(2)14-20(16-30-22-7-5-6-19(15-22)23(25)26)27-24(29)18-8-10-21(11-9-18)28-12-3-4-13-28/h5-11,15,17,20H,3-4,12-14,16H2,1-2H3,(H3,25,26)(H,27,29)/t20-/m1/s1. The van der Waals surface area contributed by atoms with Gasteiger partial charge in [-0.1, -0.05) is 26.0 Å². The second-order valence-corrected chi connectivity index (χ2v) is 8.29. The summed E-state index contributed by atoms with van der Waals surface area (Å²) >= 11 is 0. The molecule has 0 aliphatic carbocycles. The number of ether oxygens (including phenoxy) is 1. The van der Waals surface area contributed by atoms with Crippen molar-refractivity contribution in [2.24, 2.45) is 11.7 Å². The summed E-state index contributed by atoms with van der Waals surface area (Å²) in [5.74, 6) is 0.972. The molecule has 6 nitrogen and oxygen atoms in total. The Bertz CT molecular complexity index is 858. The smallest absolute Gasteiger partial charge is 0.251 e. The van der Waals surface area contributed by atoms with Gasteiger partial charge in [0.1, 0.15) is 18.2 Å². The summed E-state index contributed by atoms with van der Waals surface area (Å²) in [6.07, 6.45) is 3.27. The van der Waals surface area contributed by atoms with Gasteiger partial charge in [0.15, 0.2) is 0 Å². The fourth-order valence-corrected chi connectivity index (χ4v) is 3.76. The molecule has 0 radical (unpaired) electrons. The molecule has 2 aromatic carbocycles. The first kappa shape index (κ1) is 21.7. The van der Waals surface area contributed by atoms with Crippen molar-refractivity contribution in [2.45, 2.75) is 39.2 Å². The second kappa shape index (κ2) is 10.1. The lowest BCUT2D eigenvalue weighted by molar-refractivity contribution is 0.0914. The predicted octanol–water partition coefficient (Wildman–Crippen LogP) is 3.79. The number of amidine groups is 1. The third kappa shape index (κ3) is 5.99. The maximum Gasteiger partial charge on any atom is 0.251 e. The fraction of sp³-hybridized carbons (Fsp3) is 0.417. The van der Waals surface area contributed by atoms with E-state index in [1.807, 2.05) is 36.4 Å². The van der Waals surface area contributed by atoms with Crippen LogP contribution < -0.4 is 20.7 Å². The average molecular weight is 409 g/mol. The van der Waals surface area contributed by atoms with Gasteiger partial charge in [0, 0.05) is 29.9 Å². The molecule has 0 aromatic heterocycles. The summed E-state index contributed by atoms with van der Waals surface area (Å²) in [6.45, 7) is 6.78. The Morgan fingerprint density at radius 2 is 1.83 bits per heavy atom. The number of nitrogens with two attached hydrogens (primary N) is 1. The van der Waals surface area contributed by atoms with E-state index in [9.17, 15) is 4.79 Å². The SMILES string of the molecule is CC(C)C[C@H](COc1cccc(C(=N)N)c1)NC(=O)c1ccc(N2CCCC2)cc1. The molecule has 1 aliphatic heterocycles. The Balaban J connectivity index is 1.61. The molecule has 0 saturated carbocycles. The van der Waals surface area contributed by atoms with Crippen molar-refractivity contribution in [1.29, 1.82) is 5.41 Å². The zero-order valence-electron chi connectivity index (χ0n) is 17.9. The molecular weight excluding hydrogens is 376 g/mol. The lowest BCUT2D eigenvalue weighted by Gasteiger charge is -2.22. The van der Waals surface area contributed by atoms with Crippen molar-refractivity contribution < 1.29 is 9.53 Å². The number of nitrogen functional groups attached to an aromatic ring is 1. The van der Waals surface area contributed by atoms with Gasteiger partial charge in [-0.25, -0.2) is 0 Å². The highest BCUT2D eigenvalue weighted by Crippen LogP contribution is 2.21. The molecule has 0 unspecified atom stereocenters.